The molecule has 1 aliphatic heterocycles. The average molecular weight is 360 g/mol. The summed E-state index contributed by atoms with van der Waals surface area (Å²) in [5, 5.41) is 0.681. The van der Waals surface area contributed by atoms with Gasteiger partial charge in [0.25, 0.3) is 0 Å². The Morgan fingerprint density at radius 1 is 1.12 bits per heavy atom. The van der Waals surface area contributed by atoms with Gasteiger partial charge in [-0.25, -0.2) is 0 Å². The first-order valence-electron chi connectivity index (χ1n) is 8.94. The van der Waals surface area contributed by atoms with Crippen LogP contribution in [0.4, 0.5) is 0 Å². The minimum Gasteiger partial charge on any atom is -0.497 e. The topological polar surface area (TPSA) is 21.7 Å². The standard InChI is InChI=1S/C21H26ClNO2/c1-16-4-3-12-23(16)13-11-17-7-10-21(20(22)14-17)25-15-18-5-8-19(24-2)9-6-18/h5-10,14,16H,3-4,11-13,15H2,1-2H3. The van der Waals surface area contributed by atoms with Gasteiger partial charge in [0.05, 0.1) is 12.1 Å². The van der Waals surface area contributed by atoms with Crippen LogP contribution in [0.25, 0.3) is 0 Å². The molecule has 1 aliphatic rings. The summed E-state index contributed by atoms with van der Waals surface area (Å²) in [6.07, 6.45) is 3.67. The lowest BCUT2D eigenvalue weighted by molar-refractivity contribution is 0.272. The van der Waals surface area contributed by atoms with Gasteiger partial charge in [0, 0.05) is 12.6 Å². The molecule has 2 aromatic rings. The molecule has 0 aromatic heterocycles. The highest BCUT2D eigenvalue weighted by Crippen LogP contribution is 2.27. The summed E-state index contributed by atoms with van der Waals surface area (Å²) in [6.45, 7) is 5.13. The molecule has 0 aliphatic carbocycles. The van der Waals surface area contributed by atoms with Crippen LogP contribution in [0.2, 0.25) is 5.02 Å². The van der Waals surface area contributed by atoms with E-state index in [0.717, 1.165) is 30.0 Å². The van der Waals surface area contributed by atoms with Crippen LogP contribution in [0.1, 0.15) is 30.9 Å². The maximum atomic E-state index is 6.41. The van der Waals surface area contributed by atoms with E-state index in [4.69, 9.17) is 21.1 Å². The fourth-order valence-corrected chi connectivity index (χ4v) is 3.56. The van der Waals surface area contributed by atoms with Gasteiger partial charge in [0.1, 0.15) is 18.1 Å². The first kappa shape index (κ1) is 18.1. The van der Waals surface area contributed by atoms with Crippen LogP contribution in [-0.4, -0.2) is 31.1 Å². The predicted molar refractivity (Wildman–Crippen MR) is 103 cm³/mol. The molecule has 134 valence electrons. The second-order valence-corrected chi connectivity index (χ2v) is 7.09. The van der Waals surface area contributed by atoms with E-state index in [0.29, 0.717) is 17.7 Å². The molecule has 3 nitrogen and oxygen atoms in total. The van der Waals surface area contributed by atoms with Crippen molar-refractivity contribution in [2.45, 2.75) is 38.8 Å². The SMILES string of the molecule is COc1ccc(COc2ccc(CCN3CCCC3C)cc2Cl)cc1. The zero-order valence-corrected chi connectivity index (χ0v) is 15.8. The average Bonchev–Trinajstić information content (AvgIpc) is 3.04. The van der Waals surface area contributed by atoms with Crippen molar-refractivity contribution in [2.75, 3.05) is 20.2 Å². The van der Waals surface area contributed by atoms with Crippen LogP contribution < -0.4 is 9.47 Å². The van der Waals surface area contributed by atoms with Crippen LogP contribution in [0.3, 0.4) is 0 Å². The number of methoxy groups -OCH3 is 1. The van der Waals surface area contributed by atoms with E-state index in [1.54, 1.807) is 7.11 Å². The van der Waals surface area contributed by atoms with Gasteiger partial charge in [-0.05, 0) is 68.1 Å². The van der Waals surface area contributed by atoms with Crippen molar-refractivity contribution < 1.29 is 9.47 Å². The minimum atomic E-state index is 0.494. The van der Waals surface area contributed by atoms with Gasteiger partial charge >= 0.3 is 0 Å². The number of ether oxygens (including phenoxy) is 2. The van der Waals surface area contributed by atoms with E-state index in [-0.39, 0.29) is 0 Å². The Kier molecular flexibility index (Phi) is 6.22. The number of hydrogen-bond acceptors (Lipinski definition) is 3. The summed E-state index contributed by atoms with van der Waals surface area (Å²) in [5.74, 6) is 1.58. The van der Waals surface area contributed by atoms with Gasteiger partial charge < -0.3 is 14.4 Å². The summed E-state index contributed by atoms with van der Waals surface area (Å²) in [7, 11) is 1.66. The van der Waals surface area contributed by atoms with Gasteiger partial charge in [-0.2, -0.15) is 0 Å². The zero-order valence-electron chi connectivity index (χ0n) is 15.0. The molecule has 2 aromatic carbocycles. The number of rotatable bonds is 7. The molecule has 0 amide bonds. The third kappa shape index (κ3) is 4.90. The number of likely N-dealkylation sites (tertiary alicyclic amines) is 1. The summed E-state index contributed by atoms with van der Waals surface area (Å²) in [5.41, 5.74) is 2.35. The molecule has 1 atom stereocenters. The Labute approximate surface area is 155 Å². The molecule has 4 heteroatoms. The number of halogens is 1. The second-order valence-electron chi connectivity index (χ2n) is 6.68. The monoisotopic (exact) mass is 359 g/mol. The highest BCUT2D eigenvalue weighted by atomic mass is 35.5. The number of nitrogens with zero attached hydrogens (tertiary/aromatic N) is 1. The normalized spacial score (nSPS) is 17.6. The Morgan fingerprint density at radius 3 is 2.52 bits per heavy atom. The fraction of sp³-hybridized carbons (Fsp3) is 0.429. The first-order valence-corrected chi connectivity index (χ1v) is 9.31. The van der Waals surface area contributed by atoms with Gasteiger partial charge in [-0.15, -0.1) is 0 Å². The van der Waals surface area contributed by atoms with E-state index >= 15 is 0 Å². The summed E-state index contributed by atoms with van der Waals surface area (Å²) in [4.78, 5) is 2.56. The Balaban J connectivity index is 1.53. The molecule has 1 fully saturated rings. The van der Waals surface area contributed by atoms with Crippen molar-refractivity contribution in [3.63, 3.8) is 0 Å². The Morgan fingerprint density at radius 2 is 1.88 bits per heavy atom. The minimum absolute atomic E-state index is 0.494. The maximum Gasteiger partial charge on any atom is 0.138 e. The van der Waals surface area contributed by atoms with E-state index in [2.05, 4.69) is 17.9 Å². The molecular weight excluding hydrogens is 334 g/mol. The molecule has 0 radical (unpaired) electrons. The number of hydrogen-bond donors (Lipinski definition) is 0. The van der Waals surface area contributed by atoms with Crippen LogP contribution >= 0.6 is 11.6 Å². The van der Waals surface area contributed by atoms with Crippen LogP contribution in [0.5, 0.6) is 11.5 Å². The van der Waals surface area contributed by atoms with Crippen molar-refractivity contribution >= 4 is 11.6 Å². The summed E-state index contributed by atoms with van der Waals surface area (Å²) < 4.78 is 11.0. The van der Waals surface area contributed by atoms with Crippen LogP contribution in [0.15, 0.2) is 42.5 Å². The quantitative estimate of drug-likeness (QED) is 0.697. The van der Waals surface area contributed by atoms with E-state index in [1.807, 2.05) is 36.4 Å². The predicted octanol–water partition coefficient (Wildman–Crippen LogP) is 4.95. The molecule has 0 spiro atoms. The van der Waals surface area contributed by atoms with Crippen molar-refractivity contribution in [2.24, 2.45) is 0 Å². The van der Waals surface area contributed by atoms with E-state index in [9.17, 15) is 0 Å². The van der Waals surface area contributed by atoms with E-state index < -0.39 is 0 Å². The smallest absolute Gasteiger partial charge is 0.138 e. The fourth-order valence-electron chi connectivity index (χ4n) is 3.30. The van der Waals surface area contributed by atoms with Gasteiger partial charge in [-0.3, -0.25) is 0 Å². The van der Waals surface area contributed by atoms with Crippen LogP contribution in [0, 0.1) is 0 Å². The molecule has 0 N–H and O–H groups in total. The van der Waals surface area contributed by atoms with Crippen molar-refractivity contribution in [1.82, 2.24) is 4.90 Å². The molecule has 1 saturated heterocycles. The van der Waals surface area contributed by atoms with Gasteiger partial charge in [0.15, 0.2) is 0 Å². The summed E-state index contributed by atoms with van der Waals surface area (Å²) in [6, 6.07) is 14.7. The van der Waals surface area contributed by atoms with E-state index in [1.165, 1.54) is 24.9 Å². The Bertz CT molecular complexity index is 687. The lowest BCUT2D eigenvalue weighted by Crippen LogP contribution is -2.28. The largest absolute Gasteiger partial charge is 0.497 e. The molecule has 0 bridgehead atoms. The third-order valence-electron chi connectivity index (χ3n) is 4.93. The maximum absolute atomic E-state index is 6.41. The Hall–Kier alpha value is -1.71. The second kappa shape index (κ2) is 8.59. The molecule has 1 heterocycles. The molecule has 3 rings (SSSR count). The lowest BCUT2D eigenvalue weighted by atomic mass is 10.1. The zero-order chi connectivity index (χ0) is 17.6. The van der Waals surface area contributed by atoms with Gasteiger partial charge in [-0.1, -0.05) is 29.8 Å². The highest BCUT2D eigenvalue weighted by Gasteiger charge is 2.19. The van der Waals surface area contributed by atoms with Crippen molar-refractivity contribution in [3.05, 3.63) is 58.6 Å². The lowest BCUT2D eigenvalue weighted by Gasteiger charge is -2.20. The first-order chi connectivity index (χ1) is 12.2. The van der Waals surface area contributed by atoms with Crippen molar-refractivity contribution in [1.29, 1.82) is 0 Å². The number of benzene rings is 2. The van der Waals surface area contributed by atoms with Crippen LogP contribution in [-0.2, 0) is 13.0 Å². The molecule has 25 heavy (non-hydrogen) atoms. The highest BCUT2D eigenvalue weighted by molar-refractivity contribution is 6.32. The summed E-state index contributed by atoms with van der Waals surface area (Å²) >= 11 is 6.41. The third-order valence-corrected chi connectivity index (χ3v) is 5.22. The van der Waals surface area contributed by atoms with Crippen molar-refractivity contribution in [3.8, 4) is 11.5 Å². The van der Waals surface area contributed by atoms with Gasteiger partial charge in [0.2, 0.25) is 0 Å². The molecular formula is C21H26ClNO2. The molecule has 1 unspecified atom stereocenters. The molecule has 0 saturated carbocycles.